The molecular weight excluding hydrogens is 182 g/mol. The Balaban J connectivity index is 3.47. The number of aliphatic hydroxyl groups is 1. The van der Waals surface area contributed by atoms with Gasteiger partial charge in [0.25, 0.3) is 0 Å². The molecule has 0 aromatic carbocycles. The summed E-state index contributed by atoms with van der Waals surface area (Å²) in [7, 11) is 1.48. The summed E-state index contributed by atoms with van der Waals surface area (Å²) < 4.78 is 4.66. The summed E-state index contributed by atoms with van der Waals surface area (Å²) >= 11 is 5.46. The molecule has 0 radical (unpaired) electrons. The number of carbonyl (C=O) groups is 1. The van der Waals surface area contributed by atoms with Crippen molar-refractivity contribution in [3.8, 4) is 0 Å². The highest BCUT2D eigenvalue weighted by Gasteiger charge is 2.10. The number of halogens is 1. The van der Waals surface area contributed by atoms with Crippen molar-refractivity contribution < 1.29 is 14.6 Å². The van der Waals surface area contributed by atoms with E-state index in [1.807, 2.05) is 0 Å². The van der Waals surface area contributed by atoms with Crippen molar-refractivity contribution in [1.82, 2.24) is 5.32 Å². The van der Waals surface area contributed by atoms with Gasteiger partial charge < -0.3 is 15.2 Å². The minimum atomic E-state index is -0.672. The maximum absolute atomic E-state index is 10.9. The molecule has 1 amide bonds. The second kappa shape index (κ2) is 6.22. The van der Waals surface area contributed by atoms with E-state index in [1.54, 1.807) is 6.92 Å². The van der Waals surface area contributed by atoms with Crippen molar-refractivity contribution in [2.75, 3.05) is 20.3 Å². The fourth-order valence-electron chi connectivity index (χ4n) is 0.610. The molecule has 2 unspecified atom stereocenters. The number of ether oxygens (including phenoxy) is 1. The van der Waals surface area contributed by atoms with E-state index in [4.69, 9.17) is 16.7 Å². The first-order valence-electron chi connectivity index (χ1n) is 3.66. The van der Waals surface area contributed by atoms with Crippen LogP contribution in [-0.2, 0) is 9.53 Å². The molecule has 2 N–H and O–H groups in total. The summed E-state index contributed by atoms with van der Waals surface area (Å²) in [5.41, 5.74) is 0. The van der Waals surface area contributed by atoms with Crippen LogP contribution >= 0.6 is 11.6 Å². The summed E-state index contributed by atoms with van der Waals surface area (Å²) in [4.78, 5) is 10.9. The third-order valence-corrected chi connectivity index (χ3v) is 1.43. The van der Waals surface area contributed by atoms with E-state index >= 15 is 0 Å². The maximum Gasteiger partial charge on any atom is 0.237 e. The van der Waals surface area contributed by atoms with E-state index in [0.717, 1.165) is 0 Å². The molecule has 0 heterocycles. The molecule has 12 heavy (non-hydrogen) atoms. The van der Waals surface area contributed by atoms with Gasteiger partial charge >= 0.3 is 0 Å². The lowest BCUT2D eigenvalue weighted by Gasteiger charge is -2.11. The molecular formula is C7H14ClNO3. The van der Waals surface area contributed by atoms with Crippen LogP contribution in [0.5, 0.6) is 0 Å². The first kappa shape index (κ1) is 11.7. The smallest absolute Gasteiger partial charge is 0.237 e. The molecule has 0 aliphatic heterocycles. The molecule has 0 bridgehead atoms. The lowest BCUT2D eigenvalue weighted by molar-refractivity contribution is -0.121. The van der Waals surface area contributed by atoms with Gasteiger partial charge in [0.15, 0.2) is 0 Å². The number of amides is 1. The van der Waals surface area contributed by atoms with Crippen molar-refractivity contribution in [3.05, 3.63) is 0 Å². The fraction of sp³-hybridized carbons (Fsp3) is 0.857. The van der Waals surface area contributed by atoms with Crippen LogP contribution in [0.1, 0.15) is 6.92 Å². The number of carbonyl (C=O) groups excluding carboxylic acids is 1. The zero-order valence-corrected chi connectivity index (χ0v) is 7.97. The zero-order valence-electron chi connectivity index (χ0n) is 7.21. The Bertz CT molecular complexity index is 141. The summed E-state index contributed by atoms with van der Waals surface area (Å²) in [5, 5.41) is 11.0. The monoisotopic (exact) mass is 195 g/mol. The minimum absolute atomic E-state index is 0.170. The summed E-state index contributed by atoms with van der Waals surface area (Å²) in [6.07, 6.45) is -0.672. The molecule has 0 aromatic rings. The van der Waals surface area contributed by atoms with Gasteiger partial charge in [-0.3, -0.25) is 4.79 Å². The Hall–Kier alpha value is -0.320. The van der Waals surface area contributed by atoms with Gasteiger partial charge in [0.05, 0.1) is 12.7 Å². The zero-order chi connectivity index (χ0) is 9.56. The minimum Gasteiger partial charge on any atom is -0.389 e. The van der Waals surface area contributed by atoms with Gasteiger partial charge in [-0.2, -0.15) is 0 Å². The number of aliphatic hydroxyl groups excluding tert-OH is 1. The first-order valence-corrected chi connectivity index (χ1v) is 4.10. The Morgan fingerprint density at radius 2 is 2.33 bits per heavy atom. The molecule has 2 atom stereocenters. The number of hydrogen-bond acceptors (Lipinski definition) is 3. The van der Waals surface area contributed by atoms with Gasteiger partial charge in [-0.1, -0.05) is 0 Å². The summed E-state index contributed by atoms with van der Waals surface area (Å²) in [6.45, 7) is 1.94. The Morgan fingerprint density at radius 1 is 1.75 bits per heavy atom. The van der Waals surface area contributed by atoms with Crippen LogP contribution in [0, 0.1) is 0 Å². The van der Waals surface area contributed by atoms with Crippen molar-refractivity contribution in [1.29, 1.82) is 0 Å². The van der Waals surface area contributed by atoms with Crippen LogP contribution in [0.25, 0.3) is 0 Å². The molecule has 0 saturated carbocycles. The van der Waals surface area contributed by atoms with E-state index in [2.05, 4.69) is 10.1 Å². The average Bonchev–Trinajstić information content (AvgIpc) is 2.00. The molecule has 5 heteroatoms. The Kier molecular flexibility index (Phi) is 6.06. The van der Waals surface area contributed by atoms with Gasteiger partial charge in [-0.05, 0) is 6.92 Å². The molecule has 0 aromatic heterocycles. The van der Waals surface area contributed by atoms with E-state index in [9.17, 15) is 4.79 Å². The van der Waals surface area contributed by atoms with Crippen LogP contribution in [-0.4, -0.2) is 42.8 Å². The van der Waals surface area contributed by atoms with Crippen molar-refractivity contribution in [3.63, 3.8) is 0 Å². The van der Waals surface area contributed by atoms with Gasteiger partial charge in [0.2, 0.25) is 5.91 Å². The number of alkyl halides is 1. The van der Waals surface area contributed by atoms with Crippen molar-refractivity contribution >= 4 is 17.5 Å². The van der Waals surface area contributed by atoms with Crippen LogP contribution in [0.3, 0.4) is 0 Å². The van der Waals surface area contributed by atoms with Gasteiger partial charge in [-0.15, -0.1) is 11.6 Å². The molecule has 0 saturated heterocycles. The highest BCUT2D eigenvalue weighted by Crippen LogP contribution is 1.92. The predicted molar refractivity (Wildman–Crippen MR) is 46.2 cm³/mol. The number of rotatable bonds is 5. The number of hydrogen-bond donors (Lipinski definition) is 2. The second-order valence-electron chi connectivity index (χ2n) is 2.47. The number of nitrogens with one attached hydrogen (secondary N) is 1. The highest BCUT2D eigenvalue weighted by atomic mass is 35.5. The van der Waals surface area contributed by atoms with Crippen LogP contribution in [0.15, 0.2) is 0 Å². The van der Waals surface area contributed by atoms with E-state index < -0.39 is 11.5 Å². The standard InChI is InChI=1S/C7H14ClNO3/c1-5(8)7(11)9-3-6(10)4-12-2/h5-6,10H,3-4H2,1-2H3,(H,9,11). The fourth-order valence-corrected chi connectivity index (χ4v) is 0.688. The molecule has 0 rings (SSSR count). The first-order chi connectivity index (χ1) is 5.57. The Labute approximate surface area is 76.9 Å². The van der Waals surface area contributed by atoms with E-state index in [1.165, 1.54) is 7.11 Å². The van der Waals surface area contributed by atoms with Crippen molar-refractivity contribution in [2.45, 2.75) is 18.4 Å². The lowest BCUT2D eigenvalue weighted by Crippen LogP contribution is -2.37. The lowest BCUT2D eigenvalue weighted by atomic mass is 10.3. The van der Waals surface area contributed by atoms with Gasteiger partial charge in [-0.25, -0.2) is 0 Å². The quantitative estimate of drug-likeness (QED) is 0.595. The SMILES string of the molecule is COCC(O)CNC(=O)C(C)Cl. The predicted octanol–water partition coefficient (Wildman–Crippen LogP) is -0.263. The third kappa shape index (κ3) is 5.35. The number of methoxy groups -OCH3 is 1. The largest absolute Gasteiger partial charge is 0.389 e. The van der Waals surface area contributed by atoms with E-state index in [0.29, 0.717) is 0 Å². The molecule has 0 spiro atoms. The van der Waals surface area contributed by atoms with Gasteiger partial charge in [0.1, 0.15) is 5.38 Å². The molecule has 72 valence electrons. The molecule has 0 aliphatic rings. The van der Waals surface area contributed by atoms with E-state index in [-0.39, 0.29) is 19.1 Å². The molecule has 0 fully saturated rings. The second-order valence-corrected chi connectivity index (χ2v) is 3.12. The van der Waals surface area contributed by atoms with Crippen LogP contribution in [0.2, 0.25) is 0 Å². The summed E-state index contributed by atoms with van der Waals surface area (Å²) in [6, 6.07) is 0. The molecule has 0 aliphatic carbocycles. The Morgan fingerprint density at radius 3 is 2.75 bits per heavy atom. The van der Waals surface area contributed by atoms with Crippen LogP contribution in [0.4, 0.5) is 0 Å². The third-order valence-electron chi connectivity index (χ3n) is 1.23. The average molecular weight is 196 g/mol. The van der Waals surface area contributed by atoms with Crippen molar-refractivity contribution in [2.24, 2.45) is 0 Å². The van der Waals surface area contributed by atoms with Crippen LogP contribution < -0.4 is 5.32 Å². The topological polar surface area (TPSA) is 58.6 Å². The normalized spacial score (nSPS) is 15.3. The maximum atomic E-state index is 10.9. The molecule has 4 nitrogen and oxygen atoms in total. The van der Waals surface area contributed by atoms with Gasteiger partial charge in [0, 0.05) is 13.7 Å². The summed E-state index contributed by atoms with van der Waals surface area (Å²) in [5.74, 6) is -0.285. The highest BCUT2D eigenvalue weighted by molar-refractivity contribution is 6.30.